The first kappa shape index (κ1) is 12.5. The Kier molecular flexibility index (Phi) is 5.11. The molecule has 84 valence electrons. The molecule has 1 N–H and O–H groups in total. The van der Waals surface area contributed by atoms with Gasteiger partial charge < -0.3 is 10.1 Å². The van der Waals surface area contributed by atoms with Crippen molar-refractivity contribution < 1.29 is 9.53 Å². The smallest absolute Gasteiger partial charge is 0.407 e. The molecule has 0 aliphatic carbocycles. The number of alkyl carbamates (subject to hydrolysis) is 1. The Morgan fingerprint density at radius 2 is 2.33 bits per heavy atom. The molecule has 1 rings (SSSR count). The van der Waals surface area contributed by atoms with Crippen LogP contribution in [0.4, 0.5) is 4.79 Å². The molecule has 3 nitrogen and oxygen atoms in total. The zero-order valence-corrected chi connectivity index (χ0v) is 11.2. The Labute approximate surface area is 102 Å². The molecule has 0 aliphatic heterocycles. The van der Waals surface area contributed by atoms with E-state index in [9.17, 15) is 4.79 Å². The van der Waals surface area contributed by atoms with Crippen molar-refractivity contribution >= 4 is 33.4 Å². The van der Waals surface area contributed by atoms with Gasteiger partial charge in [-0.25, -0.2) is 4.79 Å². The summed E-state index contributed by atoms with van der Waals surface area (Å²) in [5, 5.41) is 2.70. The van der Waals surface area contributed by atoms with Gasteiger partial charge in [0.05, 0.1) is 9.89 Å². The lowest BCUT2D eigenvalue weighted by atomic mass is 10.3. The van der Waals surface area contributed by atoms with Gasteiger partial charge in [0.15, 0.2) is 0 Å². The highest BCUT2D eigenvalue weighted by molar-refractivity contribution is 9.11. The summed E-state index contributed by atoms with van der Waals surface area (Å²) < 4.78 is 6.05. The van der Waals surface area contributed by atoms with Crippen molar-refractivity contribution in [3.8, 4) is 0 Å². The number of carbonyl (C=O) groups excluding carboxylic acids is 1. The Hall–Kier alpha value is -0.550. The highest BCUT2D eigenvalue weighted by Gasteiger charge is 2.04. The predicted octanol–water partition coefficient (Wildman–Crippen LogP) is 3.19. The maximum absolute atomic E-state index is 11.1. The Balaban J connectivity index is 2.19. The Morgan fingerprint density at radius 3 is 2.87 bits per heavy atom. The number of carbonyl (C=O) groups is 1. The molecule has 0 spiro atoms. The molecule has 5 heteroatoms. The number of amides is 1. The zero-order valence-electron chi connectivity index (χ0n) is 8.75. The second-order valence-corrected chi connectivity index (χ2v) is 5.88. The molecule has 0 aromatic carbocycles. The van der Waals surface area contributed by atoms with E-state index in [0.29, 0.717) is 6.54 Å². The van der Waals surface area contributed by atoms with E-state index in [2.05, 4.69) is 21.2 Å². The fourth-order valence-electron chi connectivity index (χ4n) is 1.03. The SMILES string of the molecule is CC(C)OC(=O)NCCc1ccc(Br)s1. The van der Waals surface area contributed by atoms with Crippen molar-refractivity contribution in [2.24, 2.45) is 0 Å². The molecule has 0 aliphatic rings. The van der Waals surface area contributed by atoms with E-state index in [1.54, 1.807) is 11.3 Å². The minimum Gasteiger partial charge on any atom is -0.447 e. The standard InChI is InChI=1S/C10H14BrNO2S/c1-7(2)14-10(13)12-6-5-8-3-4-9(11)15-8/h3-4,7H,5-6H2,1-2H3,(H,12,13). The van der Waals surface area contributed by atoms with Crippen LogP contribution in [0.25, 0.3) is 0 Å². The van der Waals surface area contributed by atoms with Crippen LogP contribution in [0.3, 0.4) is 0 Å². The molecule has 1 aromatic heterocycles. The van der Waals surface area contributed by atoms with Crippen molar-refractivity contribution in [2.75, 3.05) is 6.54 Å². The summed E-state index contributed by atoms with van der Waals surface area (Å²) in [5.74, 6) is 0. The molecule has 0 unspecified atom stereocenters. The molecule has 0 atom stereocenters. The lowest BCUT2D eigenvalue weighted by molar-refractivity contribution is 0.116. The molecular formula is C10H14BrNO2S. The summed E-state index contributed by atoms with van der Waals surface area (Å²) in [6.07, 6.45) is 0.421. The average Bonchev–Trinajstić information content (AvgIpc) is 2.50. The van der Waals surface area contributed by atoms with Gasteiger partial charge in [-0.1, -0.05) is 0 Å². The number of thiophene rings is 1. The summed E-state index contributed by atoms with van der Waals surface area (Å²) in [4.78, 5) is 12.4. The van der Waals surface area contributed by atoms with E-state index < -0.39 is 0 Å². The highest BCUT2D eigenvalue weighted by atomic mass is 79.9. The van der Waals surface area contributed by atoms with E-state index in [4.69, 9.17) is 4.74 Å². The topological polar surface area (TPSA) is 38.3 Å². The maximum Gasteiger partial charge on any atom is 0.407 e. The van der Waals surface area contributed by atoms with Crippen molar-refractivity contribution in [1.29, 1.82) is 0 Å². The van der Waals surface area contributed by atoms with Crippen LogP contribution < -0.4 is 5.32 Å². The van der Waals surface area contributed by atoms with E-state index in [0.717, 1.165) is 10.2 Å². The first-order valence-electron chi connectivity index (χ1n) is 4.76. The van der Waals surface area contributed by atoms with Gasteiger partial charge in [-0.2, -0.15) is 0 Å². The summed E-state index contributed by atoms with van der Waals surface area (Å²) in [6, 6.07) is 4.05. The molecule has 0 saturated carbocycles. The van der Waals surface area contributed by atoms with Crippen molar-refractivity contribution in [3.63, 3.8) is 0 Å². The minimum atomic E-state index is -0.347. The third-order valence-corrected chi connectivity index (χ3v) is 3.30. The molecule has 1 heterocycles. The van der Waals surface area contributed by atoms with Crippen LogP contribution in [0.2, 0.25) is 0 Å². The number of hydrogen-bond donors (Lipinski definition) is 1. The fourth-order valence-corrected chi connectivity index (χ4v) is 2.51. The lowest BCUT2D eigenvalue weighted by Crippen LogP contribution is -2.28. The first-order chi connectivity index (χ1) is 7.08. The number of ether oxygens (including phenoxy) is 1. The second-order valence-electron chi connectivity index (χ2n) is 3.34. The quantitative estimate of drug-likeness (QED) is 0.925. The van der Waals surface area contributed by atoms with Gasteiger partial charge in [-0.3, -0.25) is 0 Å². The lowest BCUT2D eigenvalue weighted by Gasteiger charge is -2.08. The molecule has 1 amide bonds. The first-order valence-corrected chi connectivity index (χ1v) is 6.37. The third-order valence-electron chi connectivity index (χ3n) is 1.61. The Bertz CT molecular complexity index is 325. The Morgan fingerprint density at radius 1 is 1.60 bits per heavy atom. The van der Waals surface area contributed by atoms with Gasteiger partial charge in [0.1, 0.15) is 0 Å². The van der Waals surface area contributed by atoms with E-state index in [1.165, 1.54) is 4.88 Å². The van der Waals surface area contributed by atoms with E-state index in [1.807, 2.05) is 26.0 Å². The van der Waals surface area contributed by atoms with Crippen molar-refractivity contribution in [3.05, 3.63) is 20.8 Å². The number of rotatable bonds is 4. The molecule has 15 heavy (non-hydrogen) atoms. The van der Waals surface area contributed by atoms with Gasteiger partial charge in [-0.05, 0) is 48.3 Å². The van der Waals surface area contributed by atoms with Crippen LogP contribution in [-0.4, -0.2) is 18.7 Å². The molecule has 0 fully saturated rings. The van der Waals surface area contributed by atoms with E-state index in [-0.39, 0.29) is 12.2 Å². The third kappa shape index (κ3) is 5.18. The van der Waals surface area contributed by atoms with Crippen molar-refractivity contribution in [2.45, 2.75) is 26.4 Å². The van der Waals surface area contributed by atoms with Gasteiger partial charge in [0.2, 0.25) is 0 Å². The van der Waals surface area contributed by atoms with Crippen LogP contribution in [0.5, 0.6) is 0 Å². The zero-order chi connectivity index (χ0) is 11.3. The fraction of sp³-hybridized carbons (Fsp3) is 0.500. The summed E-state index contributed by atoms with van der Waals surface area (Å²) >= 11 is 5.07. The van der Waals surface area contributed by atoms with Crippen LogP contribution in [-0.2, 0) is 11.2 Å². The monoisotopic (exact) mass is 291 g/mol. The minimum absolute atomic E-state index is 0.0686. The van der Waals surface area contributed by atoms with Gasteiger partial charge in [-0.15, -0.1) is 11.3 Å². The van der Waals surface area contributed by atoms with Crippen LogP contribution >= 0.6 is 27.3 Å². The average molecular weight is 292 g/mol. The second kappa shape index (κ2) is 6.12. The summed E-state index contributed by atoms with van der Waals surface area (Å²) in [7, 11) is 0. The van der Waals surface area contributed by atoms with Crippen molar-refractivity contribution in [1.82, 2.24) is 5.32 Å². The normalized spacial score (nSPS) is 10.4. The number of hydrogen-bond acceptors (Lipinski definition) is 3. The van der Waals surface area contributed by atoms with Gasteiger partial charge in [0.25, 0.3) is 0 Å². The van der Waals surface area contributed by atoms with E-state index >= 15 is 0 Å². The molecule has 0 radical (unpaired) electrons. The number of nitrogens with one attached hydrogen (secondary N) is 1. The predicted molar refractivity (Wildman–Crippen MR) is 65.3 cm³/mol. The molecule has 0 saturated heterocycles. The molecule has 1 aromatic rings. The highest BCUT2D eigenvalue weighted by Crippen LogP contribution is 2.21. The number of halogens is 1. The van der Waals surface area contributed by atoms with Gasteiger partial charge in [0, 0.05) is 11.4 Å². The van der Waals surface area contributed by atoms with Crippen LogP contribution in [0, 0.1) is 0 Å². The van der Waals surface area contributed by atoms with Crippen LogP contribution in [0.15, 0.2) is 15.9 Å². The molecular weight excluding hydrogens is 278 g/mol. The maximum atomic E-state index is 11.1. The largest absolute Gasteiger partial charge is 0.447 e. The van der Waals surface area contributed by atoms with Gasteiger partial charge >= 0.3 is 6.09 Å². The summed E-state index contributed by atoms with van der Waals surface area (Å²) in [5.41, 5.74) is 0. The summed E-state index contributed by atoms with van der Waals surface area (Å²) in [6.45, 7) is 4.27. The molecule has 0 bridgehead atoms. The van der Waals surface area contributed by atoms with Crippen LogP contribution in [0.1, 0.15) is 18.7 Å².